The molecule has 0 saturated heterocycles. The van der Waals surface area contributed by atoms with Gasteiger partial charge in [-0.1, -0.05) is 291 Å². The van der Waals surface area contributed by atoms with E-state index in [1.807, 2.05) is 273 Å². The fraction of sp³-hybridized carbons (Fsp3) is 0. The van der Waals surface area contributed by atoms with Gasteiger partial charge in [0, 0.05) is 100 Å². The molecule has 0 spiro atoms. The summed E-state index contributed by atoms with van der Waals surface area (Å²) in [6.07, 6.45) is 0. The van der Waals surface area contributed by atoms with Gasteiger partial charge in [-0.2, -0.15) is 0 Å². The first-order valence-electron chi connectivity index (χ1n) is 45.9. The Bertz CT molecular complexity index is 8100. The average Bonchev–Trinajstić information content (AvgIpc) is 0.791. The maximum Gasteiger partial charge on any atom is 0.164 e. The highest BCUT2D eigenvalue weighted by atomic mass is 19.1. The molecule has 0 N–H and O–H groups in total. The molecule has 22 heteroatoms. The topological polar surface area (TPSA) is 206 Å². The van der Waals surface area contributed by atoms with Gasteiger partial charge in [-0.25, -0.2) is 106 Å². The Morgan fingerprint density at radius 3 is 0.396 bits per heavy atom. The predicted molar refractivity (Wildman–Crippen MR) is 553 cm³/mol. The molecule has 0 radical (unpaired) electrons. The highest BCUT2D eigenvalue weighted by molar-refractivity contribution is 5.81. The number of hydrogen-bond donors (Lipinski definition) is 0. The summed E-state index contributed by atoms with van der Waals surface area (Å²) in [5.74, 6) is 4.43. The van der Waals surface area contributed by atoms with E-state index in [9.17, 15) is 26.3 Å². The Kier molecular flexibility index (Phi) is 26.4. The van der Waals surface area contributed by atoms with Crippen molar-refractivity contribution in [3.8, 4) is 227 Å². The lowest BCUT2D eigenvalue weighted by Crippen LogP contribution is -2.00. The van der Waals surface area contributed by atoms with Crippen molar-refractivity contribution in [1.29, 1.82) is 0 Å². The molecule has 0 amide bonds. The van der Waals surface area contributed by atoms with Crippen molar-refractivity contribution >= 4 is 0 Å². The Hall–Kier alpha value is -19.5. The first-order chi connectivity index (χ1) is 70.7. The van der Waals surface area contributed by atoms with Crippen molar-refractivity contribution in [3.05, 3.63) is 496 Å². The second-order valence-electron chi connectivity index (χ2n) is 33.3. The highest BCUT2D eigenvalue weighted by Gasteiger charge is 2.22. The molecular formula is C122H76F6N16. The average molecular weight is 1880 g/mol. The predicted octanol–water partition coefficient (Wildman–Crippen LogP) is 29.6. The second kappa shape index (κ2) is 41.8. The number of aromatic nitrogens is 16. The van der Waals surface area contributed by atoms with Crippen LogP contribution in [0.5, 0.6) is 0 Å². The van der Waals surface area contributed by atoms with Gasteiger partial charge in [0.15, 0.2) is 81.5 Å². The van der Waals surface area contributed by atoms with Crippen LogP contribution in [0.4, 0.5) is 26.3 Å². The molecule has 0 aliphatic heterocycles. The third kappa shape index (κ3) is 21.4. The molecule has 6 aromatic heterocycles. The van der Waals surface area contributed by atoms with Gasteiger partial charge in [-0.15, -0.1) is 0 Å². The van der Waals surface area contributed by atoms with E-state index < -0.39 is 0 Å². The van der Waals surface area contributed by atoms with Gasteiger partial charge in [-0.3, -0.25) is 0 Å². The third-order valence-corrected chi connectivity index (χ3v) is 23.5. The number of halogens is 6. The summed E-state index contributed by atoms with van der Waals surface area (Å²) in [5.41, 5.74) is 21.8. The zero-order valence-corrected chi connectivity index (χ0v) is 76.3. The minimum absolute atomic E-state index is 0.351. The lowest BCUT2D eigenvalue weighted by molar-refractivity contribution is 0.627. The zero-order chi connectivity index (χ0) is 97.6. The van der Waals surface area contributed by atoms with Crippen LogP contribution in [-0.2, 0) is 0 Å². The number of rotatable bonds is 20. The molecule has 0 aliphatic carbocycles. The number of hydrogen-bond acceptors (Lipinski definition) is 16. The summed E-state index contributed by atoms with van der Waals surface area (Å²) in [6, 6.07) is 140. The first kappa shape index (κ1) is 91.0. The smallest absolute Gasteiger partial charge is 0.164 e. The second-order valence-corrected chi connectivity index (χ2v) is 33.3. The maximum absolute atomic E-state index is 13.8. The van der Waals surface area contributed by atoms with Crippen molar-refractivity contribution < 1.29 is 26.3 Å². The zero-order valence-electron chi connectivity index (χ0n) is 76.3. The van der Waals surface area contributed by atoms with E-state index in [4.69, 9.17) is 64.8 Å². The van der Waals surface area contributed by atoms with Gasteiger partial charge in [-0.05, 0) is 192 Å². The van der Waals surface area contributed by atoms with E-state index in [1.165, 1.54) is 72.8 Å². The summed E-state index contributed by atoms with van der Waals surface area (Å²) in [4.78, 5) is 76.6. The number of nitrogens with zero attached hydrogens (tertiary/aromatic N) is 16. The van der Waals surface area contributed by atoms with E-state index in [0.29, 0.717) is 115 Å². The van der Waals surface area contributed by atoms with Gasteiger partial charge in [0.2, 0.25) is 0 Å². The van der Waals surface area contributed by atoms with E-state index in [2.05, 4.69) is 57.4 Å². The van der Waals surface area contributed by atoms with Crippen molar-refractivity contribution in [1.82, 2.24) is 79.7 Å². The Morgan fingerprint density at radius 2 is 0.215 bits per heavy atom. The van der Waals surface area contributed by atoms with Crippen LogP contribution >= 0.6 is 0 Å². The van der Waals surface area contributed by atoms with Crippen LogP contribution in [0.25, 0.3) is 227 Å². The van der Waals surface area contributed by atoms with Gasteiger partial charge >= 0.3 is 0 Å². The lowest BCUT2D eigenvalue weighted by Gasteiger charge is -2.11. The fourth-order valence-corrected chi connectivity index (χ4v) is 16.1. The highest BCUT2D eigenvalue weighted by Crippen LogP contribution is 2.38. The minimum Gasteiger partial charge on any atom is -0.228 e. The van der Waals surface area contributed by atoms with Crippen molar-refractivity contribution in [2.45, 2.75) is 0 Å². The van der Waals surface area contributed by atoms with Crippen LogP contribution < -0.4 is 0 Å². The standard InChI is InChI=1S/C43H27F2N5.C42H26F2N6.C37H23F2N5/c44-36-23-19-34(20-24-36)42-48-41(49-43(50-42)35-21-25-37(45)26-22-35)33-17-13-29(14-18-33)28-11-15-32(16-12-28)40-46-38(30-7-3-1-4-8-30)27-39(47-40)31-9-5-2-6-10-31;43-35-21-17-29(18-22-35)39-46-40(30-19-23-36(44)24-20-30)50-42(49-39)34-16-8-14-32(26-34)31-13-7-15-33(25-31)41-47-37(27-9-3-1-4-10-27)45-38(48-41)28-11-5-2-6-12-28;38-30-19-15-28(16-20-30)36-42-35(43-37(44-36)29-17-21-31(39)22-18-29)27-13-11-26(12-14-27)34-40-32(24-7-3-1-4-8-24)23-33(41-34)25-9-5-2-6-10-25/h1-27H;1-26H;1-23H. The summed E-state index contributed by atoms with van der Waals surface area (Å²) in [7, 11) is 0. The van der Waals surface area contributed by atoms with Crippen LogP contribution in [0.2, 0.25) is 0 Å². The van der Waals surface area contributed by atoms with Crippen molar-refractivity contribution in [3.63, 3.8) is 0 Å². The van der Waals surface area contributed by atoms with E-state index >= 15 is 0 Å². The first-order valence-corrected chi connectivity index (χ1v) is 45.9. The molecule has 0 saturated carbocycles. The van der Waals surface area contributed by atoms with E-state index in [0.717, 1.165) is 112 Å². The summed E-state index contributed by atoms with van der Waals surface area (Å²) in [5, 5.41) is 0. The molecule has 0 fully saturated rings. The molecule has 16 nitrogen and oxygen atoms in total. The molecule has 0 bridgehead atoms. The maximum atomic E-state index is 13.8. The largest absolute Gasteiger partial charge is 0.228 e. The Balaban J connectivity index is 0.000000128. The van der Waals surface area contributed by atoms with Crippen LogP contribution in [0.3, 0.4) is 0 Å². The lowest BCUT2D eigenvalue weighted by atomic mass is 10.0. The van der Waals surface area contributed by atoms with Gasteiger partial charge in [0.25, 0.3) is 0 Å². The SMILES string of the molecule is Fc1ccc(-c2nc(-c3ccc(F)cc3)nc(-c3ccc(-c4ccc(-c5nc(-c6ccccc6)cc(-c6ccccc6)n5)cc4)cc3)n2)cc1.Fc1ccc(-c2nc(-c3ccc(F)cc3)nc(-c3ccc(-c4nc(-c5ccccc5)cc(-c5ccccc5)n4)cc3)n2)cc1.Fc1ccc(-c2nc(-c3ccc(F)cc3)nc(-c3cccc(-c4cccc(-c5nc(-c6ccccc6)nc(-c6ccccc6)n5)c4)c3)n2)cc1. The Morgan fingerprint density at radius 1 is 0.0903 bits per heavy atom. The fourth-order valence-electron chi connectivity index (χ4n) is 16.1. The van der Waals surface area contributed by atoms with E-state index in [1.54, 1.807) is 72.8 Å². The molecule has 23 rings (SSSR count). The summed E-state index contributed by atoms with van der Waals surface area (Å²) < 4.78 is 82.2. The van der Waals surface area contributed by atoms with Crippen molar-refractivity contribution in [2.75, 3.05) is 0 Å². The quantitative estimate of drug-likeness (QED) is 0.0650. The molecular weight excluding hydrogens is 1800 g/mol. The van der Waals surface area contributed by atoms with Crippen molar-refractivity contribution in [2.24, 2.45) is 0 Å². The van der Waals surface area contributed by atoms with Crippen LogP contribution in [-0.4, -0.2) is 79.7 Å². The van der Waals surface area contributed by atoms with E-state index in [-0.39, 0.29) is 34.9 Å². The number of benzene rings is 17. The molecule has 0 atom stereocenters. The molecule has 0 unspecified atom stereocenters. The molecule has 23 aromatic rings. The van der Waals surface area contributed by atoms with Crippen LogP contribution in [0, 0.1) is 34.9 Å². The molecule has 6 heterocycles. The molecule has 686 valence electrons. The van der Waals surface area contributed by atoms with Crippen LogP contribution in [0.15, 0.2) is 461 Å². The summed E-state index contributed by atoms with van der Waals surface area (Å²) in [6.45, 7) is 0. The Labute approximate surface area is 823 Å². The third-order valence-electron chi connectivity index (χ3n) is 23.5. The van der Waals surface area contributed by atoms with Crippen LogP contribution in [0.1, 0.15) is 0 Å². The molecule has 17 aromatic carbocycles. The van der Waals surface area contributed by atoms with Gasteiger partial charge < -0.3 is 0 Å². The summed E-state index contributed by atoms with van der Waals surface area (Å²) >= 11 is 0. The minimum atomic E-state index is -0.360. The van der Waals surface area contributed by atoms with Gasteiger partial charge in [0.1, 0.15) is 34.9 Å². The van der Waals surface area contributed by atoms with Gasteiger partial charge in [0.05, 0.1) is 22.8 Å². The molecule has 0 aliphatic rings. The monoisotopic (exact) mass is 1880 g/mol. The normalized spacial score (nSPS) is 11.0. The molecule has 144 heavy (non-hydrogen) atoms.